The highest BCUT2D eigenvalue weighted by molar-refractivity contribution is 6.05. The van der Waals surface area contributed by atoms with Gasteiger partial charge in [-0.05, 0) is 49.2 Å². The number of benzene rings is 2. The lowest BCUT2D eigenvalue weighted by molar-refractivity contribution is -0.384. The molecule has 2 heterocycles. The molecule has 0 unspecified atom stereocenters. The number of amides is 2. The van der Waals surface area contributed by atoms with Gasteiger partial charge in [0.15, 0.2) is 0 Å². The van der Waals surface area contributed by atoms with E-state index in [0.29, 0.717) is 36.4 Å². The molecule has 1 aromatic heterocycles. The Balaban J connectivity index is 1.36. The van der Waals surface area contributed by atoms with Crippen LogP contribution in [0.1, 0.15) is 32.7 Å². The van der Waals surface area contributed by atoms with Crippen LogP contribution in [0.25, 0.3) is 0 Å². The normalized spacial score (nSPS) is 13.8. The highest BCUT2D eigenvalue weighted by atomic mass is 16.6. The summed E-state index contributed by atoms with van der Waals surface area (Å²) in [6, 6.07) is 16.8. The second-order valence-corrected chi connectivity index (χ2v) is 8.11. The topological polar surface area (TPSA) is 109 Å². The summed E-state index contributed by atoms with van der Waals surface area (Å²) in [7, 11) is 0. The number of non-ortho nitro benzene ring substituents is 1. The molecule has 34 heavy (non-hydrogen) atoms. The molecule has 1 fully saturated rings. The Bertz CT molecular complexity index is 1190. The van der Waals surface area contributed by atoms with Crippen molar-refractivity contribution in [1.29, 1.82) is 0 Å². The summed E-state index contributed by atoms with van der Waals surface area (Å²) in [5.41, 5.74) is 2.54. The molecule has 174 valence electrons. The molecule has 2 aromatic carbocycles. The van der Waals surface area contributed by atoms with Gasteiger partial charge >= 0.3 is 0 Å². The van der Waals surface area contributed by atoms with Crippen LogP contribution in [-0.2, 0) is 0 Å². The third-order valence-electron chi connectivity index (χ3n) is 5.83. The Kier molecular flexibility index (Phi) is 6.82. The summed E-state index contributed by atoms with van der Waals surface area (Å²) in [5, 5.41) is 13.7. The van der Waals surface area contributed by atoms with Crippen molar-refractivity contribution in [2.24, 2.45) is 0 Å². The number of rotatable bonds is 5. The van der Waals surface area contributed by atoms with Crippen molar-refractivity contribution in [3.63, 3.8) is 0 Å². The maximum absolute atomic E-state index is 12.8. The number of anilines is 2. The fourth-order valence-corrected chi connectivity index (χ4v) is 3.93. The average Bonchev–Trinajstić information content (AvgIpc) is 3.11. The Hall–Kier alpha value is -4.27. The maximum atomic E-state index is 12.8. The van der Waals surface area contributed by atoms with E-state index in [-0.39, 0.29) is 17.5 Å². The molecule has 1 aliphatic rings. The highest BCUT2D eigenvalue weighted by Gasteiger charge is 2.21. The Labute approximate surface area is 197 Å². The molecule has 2 amide bonds. The minimum atomic E-state index is -0.482. The predicted octanol–water partition coefficient (Wildman–Crippen LogP) is 3.90. The van der Waals surface area contributed by atoms with Gasteiger partial charge < -0.3 is 15.1 Å². The van der Waals surface area contributed by atoms with Crippen LogP contribution in [0.15, 0.2) is 66.9 Å². The highest BCUT2D eigenvalue weighted by Crippen LogP contribution is 2.19. The fraction of sp³-hybridized carbons (Fsp3) is 0.240. The Morgan fingerprint density at radius 3 is 2.41 bits per heavy atom. The predicted molar refractivity (Wildman–Crippen MR) is 129 cm³/mol. The standard InChI is InChI=1S/C25H25N5O4/c1-18-5-2-3-6-22(18)24(31)27-20-9-12-23(26-17-20)28-13-4-14-29(16-15-28)25(32)19-7-10-21(11-8-19)30(33)34/h2-3,5-12,17H,4,13-16H2,1H3,(H,27,31). The van der Waals surface area contributed by atoms with Gasteiger partial charge in [-0.2, -0.15) is 0 Å². The zero-order chi connectivity index (χ0) is 24.1. The number of carbonyl (C=O) groups is 2. The van der Waals surface area contributed by atoms with Crippen LogP contribution in [0.4, 0.5) is 17.2 Å². The van der Waals surface area contributed by atoms with Gasteiger partial charge in [0.25, 0.3) is 17.5 Å². The van der Waals surface area contributed by atoms with E-state index in [4.69, 9.17) is 0 Å². The van der Waals surface area contributed by atoms with Crippen molar-refractivity contribution in [1.82, 2.24) is 9.88 Å². The lowest BCUT2D eigenvalue weighted by atomic mass is 10.1. The molecule has 1 saturated heterocycles. The van der Waals surface area contributed by atoms with E-state index >= 15 is 0 Å². The first kappa shape index (κ1) is 22.9. The van der Waals surface area contributed by atoms with E-state index in [9.17, 15) is 19.7 Å². The molecule has 0 bridgehead atoms. The van der Waals surface area contributed by atoms with Crippen LogP contribution in [0.2, 0.25) is 0 Å². The molecular formula is C25H25N5O4. The molecular weight excluding hydrogens is 434 g/mol. The number of hydrogen-bond acceptors (Lipinski definition) is 6. The van der Waals surface area contributed by atoms with Gasteiger partial charge in [0.2, 0.25) is 0 Å². The largest absolute Gasteiger partial charge is 0.355 e. The SMILES string of the molecule is Cc1ccccc1C(=O)Nc1ccc(N2CCCN(C(=O)c3ccc([N+](=O)[O-])cc3)CC2)nc1. The van der Waals surface area contributed by atoms with Crippen LogP contribution in [0.3, 0.4) is 0 Å². The second kappa shape index (κ2) is 10.1. The minimum Gasteiger partial charge on any atom is -0.355 e. The number of carbonyl (C=O) groups excluding carboxylic acids is 2. The van der Waals surface area contributed by atoms with E-state index in [1.54, 1.807) is 17.2 Å². The Morgan fingerprint density at radius 1 is 0.971 bits per heavy atom. The van der Waals surface area contributed by atoms with Crippen molar-refractivity contribution in [2.75, 3.05) is 36.4 Å². The first-order valence-corrected chi connectivity index (χ1v) is 11.0. The molecule has 1 aliphatic heterocycles. The molecule has 0 atom stereocenters. The summed E-state index contributed by atoms with van der Waals surface area (Å²) in [5.74, 6) is 0.459. The van der Waals surface area contributed by atoms with Gasteiger partial charge in [-0.25, -0.2) is 4.98 Å². The molecule has 1 N–H and O–H groups in total. The number of aromatic nitrogens is 1. The maximum Gasteiger partial charge on any atom is 0.269 e. The van der Waals surface area contributed by atoms with E-state index in [1.807, 2.05) is 37.3 Å². The van der Waals surface area contributed by atoms with Gasteiger partial charge in [0, 0.05) is 49.4 Å². The summed E-state index contributed by atoms with van der Waals surface area (Å²) in [6.07, 6.45) is 2.41. The lowest BCUT2D eigenvalue weighted by Gasteiger charge is -2.23. The molecule has 9 heteroatoms. The number of hydrogen-bond donors (Lipinski definition) is 1. The first-order chi connectivity index (χ1) is 16.4. The van der Waals surface area contributed by atoms with Gasteiger partial charge in [0.05, 0.1) is 16.8 Å². The third kappa shape index (κ3) is 5.20. The number of aryl methyl sites for hydroxylation is 1. The average molecular weight is 460 g/mol. The van der Waals surface area contributed by atoms with E-state index in [0.717, 1.165) is 24.3 Å². The summed E-state index contributed by atoms with van der Waals surface area (Å²) in [4.78, 5) is 44.1. The molecule has 3 aromatic rings. The van der Waals surface area contributed by atoms with Gasteiger partial charge in [-0.3, -0.25) is 19.7 Å². The van der Waals surface area contributed by atoms with Gasteiger partial charge in [0.1, 0.15) is 5.82 Å². The van der Waals surface area contributed by atoms with Crippen molar-refractivity contribution >= 4 is 29.0 Å². The van der Waals surface area contributed by atoms with Crippen molar-refractivity contribution in [2.45, 2.75) is 13.3 Å². The number of pyridine rings is 1. The van der Waals surface area contributed by atoms with E-state index in [1.165, 1.54) is 24.3 Å². The minimum absolute atomic E-state index is 0.0387. The number of nitro groups is 1. The van der Waals surface area contributed by atoms with Crippen LogP contribution in [0, 0.1) is 17.0 Å². The number of nitro benzene ring substituents is 1. The second-order valence-electron chi connectivity index (χ2n) is 8.11. The zero-order valence-electron chi connectivity index (χ0n) is 18.8. The van der Waals surface area contributed by atoms with Crippen LogP contribution < -0.4 is 10.2 Å². The van der Waals surface area contributed by atoms with Gasteiger partial charge in [-0.1, -0.05) is 18.2 Å². The molecule has 4 rings (SSSR count). The van der Waals surface area contributed by atoms with E-state index < -0.39 is 4.92 Å². The number of nitrogens with one attached hydrogen (secondary N) is 1. The van der Waals surface area contributed by atoms with Crippen molar-refractivity contribution < 1.29 is 14.5 Å². The van der Waals surface area contributed by atoms with Crippen LogP contribution >= 0.6 is 0 Å². The summed E-state index contributed by atoms with van der Waals surface area (Å²) >= 11 is 0. The summed E-state index contributed by atoms with van der Waals surface area (Å²) in [6.45, 7) is 4.36. The molecule has 0 spiro atoms. The quantitative estimate of drug-likeness (QED) is 0.458. The molecule has 0 saturated carbocycles. The smallest absolute Gasteiger partial charge is 0.269 e. The molecule has 0 radical (unpaired) electrons. The molecule has 9 nitrogen and oxygen atoms in total. The monoisotopic (exact) mass is 459 g/mol. The lowest BCUT2D eigenvalue weighted by Crippen LogP contribution is -2.35. The van der Waals surface area contributed by atoms with Crippen molar-refractivity contribution in [3.05, 3.63) is 93.7 Å². The summed E-state index contributed by atoms with van der Waals surface area (Å²) < 4.78 is 0. The Morgan fingerprint density at radius 2 is 1.74 bits per heavy atom. The van der Waals surface area contributed by atoms with Crippen molar-refractivity contribution in [3.8, 4) is 0 Å². The number of nitrogens with zero attached hydrogens (tertiary/aromatic N) is 4. The fourth-order valence-electron chi connectivity index (χ4n) is 3.93. The molecule has 0 aliphatic carbocycles. The zero-order valence-corrected chi connectivity index (χ0v) is 18.8. The van der Waals surface area contributed by atoms with E-state index in [2.05, 4.69) is 15.2 Å². The third-order valence-corrected chi connectivity index (χ3v) is 5.83. The van der Waals surface area contributed by atoms with Gasteiger partial charge in [-0.15, -0.1) is 0 Å². The van der Waals surface area contributed by atoms with Crippen LogP contribution in [0.5, 0.6) is 0 Å². The van der Waals surface area contributed by atoms with Crippen LogP contribution in [-0.4, -0.2) is 52.8 Å². The first-order valence-electron chi connectivity index (χ1n) is 11.0.